The van der Waals surface area contributed by atoms with Crippen LogP contribution in [-0.4, -0.2) is 42.8 Å². The fourth-order valence-corrected chi connectivity index (χ4v) is 4.42. The smallest absolute Gasteiger partial charge is 0.335 e. The van der Waals surface area contributed by atoms with Crippen molar-refractivity contribution in [1.29, 1.82) is 0 Å². The molecule has 0 spiro atoms. The summed E-state index contributed by atoms with van der Waals surface area (Å²) >= 11 is 0. The topological polar surface area (TPSA) is 104 Å². The molecule has 1 aliphatic heterocycles. The molecule has 1 aliphatic rings. The molecule has 0 saturated carbocycles. The zero-order chi connectivity index (χ0) is 19.4. The summed E-state index contributed by atoms with van der Waals surface area (Å²) in [5, 5.41) is 11.6. The van der Waals surface area contributed by atoms with Crippen molar-refractivity contribution in [3.8, 4) is 0 Å². The van der Waals surface area contributed by atoms with E-state index >= 15 is 0 Å². The number of carbonyl (C=O) groups is 2. The molecule has 2 aromatic carbocycles. The second-order valence-corrected chi connectivity index (χ2v) is 8.26. The predicted octanol–water partition coefficient (Wildman–Crippen LogP) is 2.10. The van der Waals surface area contributed by atoms with E-state index in [9.17, 15) is 18.0 Å². The van der Waals surface area contributed by atoms with E-state index in [1.807, 2.05) is 0 Å². The van der Waals surface area contributed by atoms with Crippen LogP contribution in [0.3, 0.4) is 0 Å². The van der Waals surface area contributed by atoms with Crippen LogP contribution in [-0.2, 0) is 16.6 Å². The second-order valence-electron chi connectivity index (χ2n) is 6.32. The highest BCUT2D eigenvalue weighted by Crippen LogP contribution is 2.21. The lowest BCUT2D eigenvalue weighted by Gasteiger charge is -2.15. The van der Waals surface area contributed by atoms with E-state index in [0.29, 0.717) is 18.7 Å². The summed E-state index contributed by atoms with van der Waals surface area (Å²) in [4.78, 5) is 23.2. The van der Waals surface area contributed by atoms with Crippen LogP contribution in [0.4, 0.5) is 0 Å². The van der Waals surface area contributed by atoms with Crippen molar-refractivity contribution in [3.05, 3.63) is 65.2 Å². The highest BCUT2D eigenvalue weighted by Gasteiger charge is 2.26. The van der Waals surface area contributed by atoms with Gasteiger partial charge in [0, 0.05) is 25.2 Å². The molecule has 0 unspecified atom stereocenters. The summed E-state index contributed by atoms with van der Waals surface area (Å²) < 4.78 is 26.5. The van der Waals surface area contributed by atoms with Gasteiger partial charge >= 0.3 is 5.97 Å². The van der Waals surface area contributed by atoms with Gasteiger partial charge in [0.2, 0.25) is 10.0 Å². The summed E-state index contributed by atoms with van der Waals surface area (Å²) in [6.07, 6.45) is 1.77. The standard InChI is InChI=1S/C19H20N2O5S/c22-18(15-5-7-16(8-6-15)19(23)24)20-13-14-3-9-17(10-4-14)27(25,26)21-11-1-2-12-21/h3-10H,1-2,11-13H2,(H,20,22)(H,23,24). The van der Waals surface area contributed by atoms with Gasteiger partial charge in [0.05, 0.1) is 10.5 Å². The first-order valence-corrected chi connectivity index (χ1v) is 10.0. The van der Waals surface area contributed by atoms with Crippen molar-refractivity contribution in [3.63, 3.8) is 0 Å². The van der Waals surface area contributed by atoms with E-state index in [1.54, 1.807) is 24.3 Å². The summed E-state index contributed by atoms with van der Waals surface area (Å²) in [6.45, 7) is 1.35. The van der Waals surface area contributed by atoms with Crippen molar-refractivity contribution in [2.75, 3.05) is 13.1 Å². The van der Waals surface area contributed by atoms with Crippen molar-refractivity contribution in [1.82, 2.24) is 9.62 Å². The number of hydrogen-bond acceptors (Lipinski definition) is 4. The van der Waals surface area contributed by atoms with Gasteiger partial charge in [0.1, 0.15) is 0 Å². The highest BCUT2D eigenvalue weighted by molar-refractivity contribution is 7.89. The molecule has 0 bridgehead atoms. The minimum absolute atomic E-state index is 0.112. The number of carboxylic acids is 1. The average Bonchev–Trinajstić information content (AvgIpc) is 3.22. The van der Waals surface area contributed by atoms with Crippen LogP contribution in [0.5, 0.6) is 0 Å². The van der Waals surface area contributed by atoms with E-state index in [4.69, 9.17) is 5.11 Å². The van der Waals surface area contributed by atoms with Crippen molar-refractivity contribution in [2.24, 2.45) is 0 Å². The molecule has 1 amide bonds. The number of carbonyl (C=O) groups excluding carboxylic acids is 1. The van der Waals surface area contributed by atoms with Crippen molar-refractivity contribution in [2.45, 2.75) is 24.3 Å². The Bertz CT molecular complexity index is 931. The quantitative estimate of drug-likeness (QED) is 0.789. The Labute approximate surface area is 157 Å². The maximum absolute atomic E-state index is 12.5. The van der Waals surface area contributed by atoms with Gasteiger partial charge in [-0.3, -0.25) is 4.79 Å². The fourth-order valence-electron chi connectivity index (χ4n) is 2.91. The second kappa shape index (κ2) is 7.89. The maximum atomic E-state index is 12.5. The van der Waals surface area contributed by atoms with E-state index in [-0.39, 0.29) is 22.9 Å². The van der Waals surface area contributed by atoms with Gasteiger partial charge in [0.15, 0.2) is 0 Å². The summed E-state index contributed by atoms with van der Waals surface area (Å²) in [5.41, 5.74) is 1.24. The monoisotopic (exact) mass is 388 g/mol. The van der Waals surface area contributed by atoms with Gasteiger partial charge in [-0.1, -0.05) is 12.1 Å². The third-order valence-electron chi connectivity index (χ3n) is 4.47. The molecule has 1 saturated heterocycles. The Hall–Kier alpha value is -2.71. The van der Waals surface area contributed by atoms with Crippen LogP contribution in [0.1, 0.15) is 39.1 Å². The Morgan fingerprint density at radius 3 is 2.04 bits per heavy atom. The lowest BCUT2D eigenvalue weighted by Crippen LogP contribution is -2.28. The molecule has 1 fully saturated rings. The summed E-state index contributed by atoms with van der Waals surface area (Å²) in [5.74, 6) is -1.38. The lowest BCUT2D eigenvalue weighted by molar-refractivity contribution is 0.0696. The minimum atomic E-state index is -3.44. The SMILES string of the molecule is O=C(O)c1ccc(C(=O)NCc2ccc(S(=O)(=O)N3CCCC3)cc2)cc1. The Kier molecular flexibility index (Phi) is 5.57. The molecule has 0 aliphatic carbocycles. The first kappa shape index (κ1) is 19.1. The largest absolute Gasteiger partial charge is 0.478 e. The van der Waals surface area contributed by atoms with Crippen LogP contribution in [0.25, 0.3) is 0 Å². The van der Waals surface area contributed by atoms with Crippen LogP contribution in [0.15, 0.2) is 53.4 Å². The summed E-state index contributed by atoms with van der Waals surface area (Å²) in [6, 6.07) is 12.1. The normalized spacial score (nSPS) is 14.8. The van der Waals surface area contributed by atoms with Crippen LogP contribution < -0.4 is 5.32 Å². The minimum Gasteiger partial charge on any atom is -0.478 e. The Balaban J connectivity index is 1.61. The maximum Gasteiger partial charge on any atom is 0.335 e. The Morgan fingerprint density at radius 1 is 0.926 bits per heavy atom. The Morgan fingerprint density at radius 2 is 1.48 bits per heavy atom. The van der Waals surface area contributed by atoms with E-state index in [0.717, 1.165) is 18.4 Å². The predicted molar refractivity (Wildman–Crippen MR) is 99.0 cm³/mol. The molecule has 2 aromatic rings. The van der Waals surface area contributed by atoms with E-state index < -0.39 is 16.0 Å². The molecule has 1 heterocycles. The van der Waals surface area contributed by atoms with Gasteiger partial charge in [-0.2, -0.15) is 4.31 Å². The number of benzene rings is 2. The number of nitrogens with one attached hydrogen (secondary N) is 1. The van der Waals surface area contributed by atoms with Gasteiger partial charge in [-0.05, 0) is 54.8 Å². The molecular formula is C19H20N2O5S. The molecule has 0 atom stereocenters. The molecule has 8 heteroatoms. The third-order valence-corrected chi connectivity index (χ3v) is 6.39. The van der Waals surface area contributed by atoms with Crippen LogP contribution in [0.2, 0.25) is 0 Å². The molecule has 0 radical (unpaired) electrons. The highest BCUT2D eigenvalue weighted by atomic mass is 32.2. The molecule has 142 valence electrons. The molecule has 2 N–H and O–H groups in total. The number of nitrogens with zero attached hydrogens (tertiary/aromatic N) is 1. The van der Waals surface area contributed by atoms with Gasteiger partial charge in [0.25, 0.3) is 5.91 Å². The van der Waals surface area contributed by atoms with Gasteiger partial charge < -0.3 is 10.4 Å². The number of hydrogen-bond donors (Lipinski definition) is 2. The van der Waals surface area contributed by atoms with E-state index in [2.05, 4.69) is 5.32 Å². The number of rotatable bonds is 6. The molecule has 3 rings (SSSR count). The third kappa shape index (κ3) is 4.35. The first-order valence-electron chi connectivity index (χ1n) is 8.58. The molecule has 7 nitrogen and oxygen atoms in total. The zero-order valence-corrected chi connectivity index (χ0v) is 15.4. The zero-order valence-electron chi connectivity index (χ0n) is 14.6. The van der Waals surface area contributed by atoms with Crippen molar-refractivity contribution >= 4 is 21.9 Å². The number of amides is 1. The molecule has 27 heavy (non-hydrogen) atoms. The molecular weight excluding hydrogens is 368 g/mol. The van der Waals surface area contributed by atoms with Gasteiger partial charge in [-0.25, -0.2) is 13.2 Å². The average molecular weight is 388 g/mol. The number of carboxylic acid groups (broad SMARTS) is 1. The van der Waals surface area contributed by atoms with Gasteiger partial charge in [-0.15, -0.1) is 0 Å². The van der Waals surface area contributed by atoms with Crippen LogP contribution >= 0.6 is 0 Å². The van der Waals surface area contributed by atoms with E-state index in [1.165, 1.54) is 28.6 Å². The van der Waals surface area contributed by atoms with Crippen LogP contribution in [0, 0.1) is 0 Å². The lowest BCUT2D eigenvalue weighted by atomic mass is 10.1. The van der Waals surface area contributed by atoms with Crippen molar-refractivity contribution < 1.29 is 23.1 Å². The fraction of sp³-hybridized carbons (Fsp3) is 0.263. The summed E-state index contributed by atoms with van der Waals surface area (Å²) in [7, 11) is -3.44. The number of aromatic carboxylic acids is 1. The first-order chi connectivity index (χ1) is 12.9. The number of sulfonamides is 1. The molecule has 0 aromatic heterocycles.